The normalized spacial score (nSPS) is 10.7. The highest BCUT2D eigenvalue weighted by atomic mass is 16.5. The van der Waals surface area contributed by atoms with Crippen LogP contribution in [0.4, 0.5) is 0 Å². The van der Waals surface area contributed by atoms with Gasteiger partial charge in [-0.25, -0.2) is 4.98 Å². The number of Topliss-reactive ketones (excluding diaryl/α,β-unsaturated/α-hetero) is 1. The number of benzene rings is 2. The molecule has 9 nitrogen and oxygen atoms in total. The molecule has 0 bridgehead atoms. The lowest BCUT2D eigenvalue weighted by Gasteiger charge is -2.15. The molecule has 2 aromatic heterocycles. The maximum absolute atomic E-state index is 11.7. The number of hydrogen-bond acceptors (Lipinski definition) is 8. The van der Waals surface area contributed by atoms with Crippen molar-refractivity contribution in [2.24, 2.45) is 0 Å². The standard InChI is InChI=1S/C24H23N5O4/c1-3-5-19-21(12-11-18(15(2)30)22(19)31)32-14-16-7-9-17(10-8-16)33-24-20(6-4-13-25-24)23-26-28-29-27-23/h4,6-13,31H,3,5,14H2,1-2H3,(H,26,27,28,29). The number of phenols is 1. The molecular formula is C24H23N5O4. The minimum absolute atomic E-state index is 0.00151. The molecule has 0 fully saturated rings. The summed E-state index contributed by atoms with van der Waals surface area (Å²) in [7, 11) is 0. The van der Waals surface area contributed by atoms with E-state index in [1.165, 1.54) is 6.92 Å². The Morgan fingerprint density at radius 1 is 1.12 bits per heavy atom. The largest absolute Gasteiger partial charge is 0.507 e. The zero-order valence-electron chi connectivity index (χ0n) is 18.3. The number of tetrazole rings is 1. The SMILES string of the molecule is CCCc1c(OCc2ccc(Oc3ncccc3-c3nn[nH]n3)cc2)ccc(C(C)=O)c1O. The van der Waals surface area contributed by atoms with E-state index in [9.17, 15) is 9.90 Å². The summed E-state index contributed by atoms with van der Waals surface area (Å²) in [6.07, 6.45) is 3.06. The quantitative estimate of drug-likeness (QED) is 0.361. The zero-order chi connectivity index (χ0) is 23.2. The molecule has 33 heavy (non-hydrogen) atoms. The summed E-state index contributed by atoms with van der Waals surface area (Å²) in [6.45, 7) is 3.74. The summed E-state index contributed by atoms with van der Waals surface area (Å²) in [4.78, 5) is 16.0. The van der Waals surface area contributed by atoms with Crippen molar-refractivity contribution in [2.45, 2.75) is 33.3 Å². The van der Waals surface area contributed by atoms with E-state index >= 15 is 0 Å². The maximum atomic E-state index is 11.7. The number of ketones is 1. The summed E-state index contributed by atoms with van der Waals surface area (Å²) >= 11 is 0. The first-order chi connectivity index (χ1) is 16.1. The van der Waals surface area contributed by atoms with Gasteiger partial charge in [-0.05, 0) is 60.5 Å². The Morgan fingerprint density at radius 3 is 2.64 bits per heavy atom. The van der Waals surface area contributed by atoms with E-state index in [0.29, 0.717) is 52.9 Å². The molecule has 4 aromatic rings. The van der Waals surface area contributed by atoms with Crippen LogP contribution in [0.2, 0.25) is 0 Å². The molecule has 0 atom stereocenters. The van der Waals surface area contributed by atoms with Crippen molar-refractivity contribution in [3.05, 3.63) is 71.4 Å². The van der Waals surface area contributed by atoms with E-state index in [1.54, 1.807) is 30.5 Å². The molecule has 9 heteroatoms. The molecule has 0 radical (unpaired) electrons. The van der Waals surface area contributed by atoms with Crippen molar-refractivity contribution in [3.8, 4) is 34.5 Å². The summed E-state index contributed by atoms with van der Waals surface area (Å²) in [5.41, 5.74) is 2.49. The summed E-state index contributed by atoms with van der Waals surface area (Å²) in [5.74, 6) is 1.74. The van der Waals surface area contributed by atoms with Gasteiger partial charge in [-0.15, -0.1) is 10.2 Å². The van der Waals surface area contributed by atoms with Crippen molar-refractivity contribution in [3.63, 3.8) is 0 Å². The van der Waals surface area contributed by atoms with Crippen LogP contribution in [0.15, 0.2) is 54.7 Å². The second kappa shape index (κ2) is 9.90. The first kappa shape index (κ1) is 21.9. The van der Waals surface area contributed by atoms with E-state index in [1.807, 2.05) is 31.2 Å². The van der Waals surface area contributed by atoms with Crippen LogP contribution < -0.4 is 9.47 Å². The Labute approximate surface area is 190 Å². The number of nitrogens with one attached hydrogen (secondary N) is 1. The molecule has 0 aliphatic heterocycles. The molecule has 0 unspecified atom stereocenters. The van der Waals surface area contributed by atoms with Crippen molar-refractivity contribution >= 4 is 5.78 Å². The number of aromatic nitrogens is 5. The highest BCUT2D eigenvalue weighted by Gasteiger charge is 2.16. The number of nitrogens with zero attached hydrogens (tertiary/aromatic N) is 4. The predicted octanol–water partition coefficient (Wildman–Crippen LogP) is 4.49. The van der Waals surface area contributed by atoms with Gasteiger partial charge in [0, 0.05) is 11.8 Å². The number of carbonyl (C=O) groups excluding carboxylic acids is 1. The molecule has 0 aliphatic rings. The van der Waals surface area contributed by atoms with Gasteiger partial charge in [-0.1, -0.05) is 25.5 Å². The zero-order valence-corrected chi connectivity index (χ0v) is 18.3. The number of H-pyrrole nitrogens is 1. The highest BCUT2D eigenvalue weighted by molar-refractivity contribution is 5.97. The molecule has 168 valence electrons. The second-order valence-electron chi connectivity index (χ2n) is 7.37. The fourth-order valence-corrected chi connectivity index (χ4v) is 3.37. The second-order valence-corrected chi connectivity index (χ2v) is 7.37. The summed E-state index contributed by atoms with van der Waals surface area (Å²) in [6, 6.07) is 14.3. The number of aromatic amines is 1. The molecule has 0 amide bonds. The smallest absolute Gasteiger partial charge is 0.230 e. The van der Waals surface area contributed by atoms with Gasteiger partial charge in [0.15, 0.2) is 5.78 Å². The number of carbonyl (C=O) groups is 1. The van der Waals surface area contributed by atoms with Crippen LogP contribution in [0.1, 0.15) is 41.8 Å². The third-order valence-electron chi connectivity index (χ3n) is 5.01. The fraction of sp³-hybridized carbons (Fsp3) is 0.208. The lowest BCUT2D eigenvalue weighted by molar-refractivity contribution is 0.101. The van der Waals surface area contributed by atoms with Crippen molar-refractivity contribution in [2.75, 3.05) is 0 Å². The number of phenolic OH excluding ortho intramolecular Hbond substituents is 1. The molecule has 2 aromatic carbocycles. The fourth-order valence-electron chi connectivity index (χ4n) is 3.37. The monoisotopic (exact) mass is 445 g/mol. The van der Waals surface area contributed by atoms with Gasteiger partial charge in [0.1, 0.15) is 23.9 Å². The van der Waals surface area contributed by atoms with Crippen molar-refractivity contribution in [1.82, 2.24) is 25.6 Å². The van der Waals surface area contributed by atoms with Crippen LogP contribution in [-0.4, -0.2) is 36.5 Å². The van der Waals surface area contributed by atoms with E-state index in [0.717, 1.165) is 12.0 Å². The van der Waals surface area contributed by atoms with E-state index in [2.05, 4.69) is 25.6 Å². The topological polar surface area (TPSA) is 123 Å². The molecule has 0 saturated carbocycles. The lowest BCUT2D eigenvalue weighted by atomic mass is 10.0. The number of ether oxygens (including phenoxy) is 2. The predicted molar refractivity (Wildman–Crippen MR) is 120 cm³/mol. The Bertz CT molecular complexity index is 1240. The van der Waals surface area contributed by atoms with Crippen LogP contribution in [0.5, 0.6) is 23.1 Å². The van der Waals surface area contributed by atoms with E-state index in [4.69, 9.17) is 9.47 Å². The minimum Gasteiger partial charge on any atom is -0.507 e. The van der Waals surface area contributed by atoms with Crippen LogP contribution in [0.25, 0.3) is 11.4 Å². The molecule has 4 rings (SSSR count). The van der Waals surface area contributed by atoms with Crippen molar-refractivity contribution < 1.29 is 19.4 Å². The van der Waals surface area contributed by atoms with Gasteiger partial charge in [0.05, 0.1) is 11.1 Å². The van der Waals surface area contributed by atoms with E-state index in [-0.39, 0.29) is 11.5 Å². The molecular weight excluding hydrogens is 422 g/mol. The number of rotatable bonds is 9. The van der Waals surface area contributed by atoms with Crippen LogP contribution in [0, 0.1) is 0 Å². The molecule has 0 spiro atoms. The Hall–Kier alpha value is -4.27. The third-order valence-corrected chi connectivity index (χ3v) is 5.01. The molecule has 2 heterocycles. The Morgan fingerprint density at radius 2 is 1.94 bits per heavy atom. The van der Waals surface area contributed by atoms with Gasteiger partial charge in [0.25, 0.3) is 0 Å². The summed E-state index contributed by atoms with van der Waals surface area (Å²) < 4.78 is 11.9. The Balaban J connectivity index is 1.46. The average Bonchev–Trinajstić information content (AvgIpc) is 3.35. The summed E-state index contributed by atoms with van der Waals surface area (Å²) in [5, 5.41) is 24.4. The van der Waals surface area contributed by atoms with Gasteiger partial charge in [-0.2, -0.15) is 5.21 Å². The number of aromatic hydroxyl groups is 1. The Kier molecular flexibility index (Phi) is 6.58. The molecule has 2 N–H and O–H groups in total. The van der Waals surface area contributed by atoms with Gasteiger partial charge < -0.3 is 14.6 Å². The average molecular weight is 445 g/mol. The lowest BCUT2D eigenvalue weighted by Crippen LogP contribution is -2.02. The first-order valence-electron chi connectivity index (χ1n) is 10.5. The minimum atomic E-state index is -0.178. The first-order valence-corrected chi connectivity index (χ1v) is 10.5. The third kappa shape index (κ3) is 4.98. The van der Waals surface area contributed by atoms with Crippen LogP contribution in [-0.2, 0) is 13.0 Å². The maximum Gasteiger partial charge on any atom is 0.230 e. The number of pyridine rings is 1. The van der Waals surface area contributed by atoms with Gasteiger partial charge >= 0.3 is 0 Å². The molecule has 0 saturated heterocycles. The molecule has 0 aliphatic carbocycles. The van der Waals surface area contributed by atoms with Crippen LogP contribution >= 0.6 is 0 Å². The highest BCUT2D eigenvalue weighted by Crippen LogP contribution is 2.34. The van der Waals surface area contributed by atoms with E-state index < -0.39 is 0 Å². The van der Waals surface area contributed by atoms with Crippen molar-refractivity contribution in [1.29, 1.82) is 0 Å². The van der Waals surface area contributed by atoms with Crippen LogP contribution in [0.3, 0.4) is 0 Å². The van der Waals surface area contributed by atoms with Gasteiger partial charge in [0.2, 0.25) is 11.7 Å². The van der Waals surface area contributed by atoms with Gasteiger partial charge in [-0.3, -0.25) is 4.79 Å². The number of hydrogen-bond donors (Lipinski definition) is 2.